The molecule has 3 rings (SSSR count). The first kappa shape index (κ1) is 15.7. The monoisotopic (exact) mass is 318 g/mol. The van der Waals surface area contributed by atoms with Gasteiger partial charge in [0, 0.05) is 24.6 Å². The third-order valence-corrected chi connectivity index (χ3v) is 3.49. The normalized spacial score (nSPS) is 10.2. The van der Waals surface area contributed by atoms with Gasteiger partial charge in [-0.2, -0.15) is 0 Å². The van der Waals surface area contributed by atoms with Crippen molar-refractivity contribution in [1.82, 2.24) is 15.3 Å². The Morgan fingerprint density at radius 2 is 1.71 bits per heavy atom. The van der Waals surface area contributed by atoms with E-state index in [-0.39, 0.29) is 5.91 Å². The van der Waals surface area contributed by atoms with Crippen LogP contribution in [0.15, 0.2) is 73.1 Å². The van der Waals surface area contributed by atoms with Crippen molar-refractivity contribution in [3.63, 3.8) is 0 Å². The van der Waals surface area contributed by atoms with Gasteiger partial charge in [-0.1, -0.05) is 36.4 Å². The van der Waals surface area contributed by atoms with E-state index in [1.54, 1.807) is 18.5 Å². The van der Waals surface area contributed by atoms with Gasteiger partial charge in [0.15, 0.2) is 0 Å². The van der Waals surface area contributed by atoms with Crippen molar-refractivity contribution in [2.45, 2.75) is 13.1 Å². The maximum absolute atomic E-state index is 12.2. The van der Waals surface area contributed by atoms with Crippen LogP contribution in [0.1, 0.15) is 21.7 Å². The zero-order chi connectivity index (χ0) is 16.6. The van der Waals surface area contributed by atoms with Crippen molar-refractivity contribution in [3.05, 3.63) is 90.0 Å². The number of carbonyl (C=O) groups excluding carboxylic acids is 1. The fourth-order valence-electron chi connectivity index (χ4n) is 2.23. The molecule has 0 aliphatic rings. The number of rotatable bonds is 6. The lowest BCUT2D eigenvalue weighted by Crippen LogP contribution is -2.23. The predicted molar refractivity (Wildman–Crippen MR) is 93.4 cm³/mol. The minimum atomic E-state index is -0.194. The number of pyridine rings is 2. The van der Waals surface area contributed by atoms with Gasteiger partial charge in [0.1, 0.15) is 5.69 Å². The van der Waals surface area contributed by atoms with Crippen LogP contribution in [0.2, 0.25) is 0 Å². The molecule has 0 spiro atoms. The number of nitrogens with one attached hydrogen (secondary N) is 2. The zero-order valence-electron chi connectivity index (χ0n) is 13.1. The smallest absolute Gasteiger partial charge is 0.270 e. The Balaban J connectivity index is 1.59. The molecule has 5 nitrogen and oxygen atoms in total. The first-order chi connectivity index (χ1) is 11.8. The quantitative estimate of drug-likeness (QED) is 0.733. The predicted octanol–water partition coefficient (Wildman–Crippen LogP) is 3.02. The Hall–Kier alpha value is -3.21. The van der Waals surface area contributed by atoms with Gasteiger partial charge in [0.05, 0.1) is 12.2 Å². The highest BCUT2D eigenvalue weighted by molar-refractivity contribution is 5.93. The molecule has 0 saturated carbocycles. The third kappa shape index (κ3) is 4.39. The maximum Gasteiger partial charge on any atom is 0.270 e. The molecule has 2 heterocycles. The van der Waals surface area contributed by atoms with Crippen LogP contribution in [-0.4, -0.2) is 15.9 Å². The molecule has 2 aromatic heterocycles. The van der Waals surface area contributed by atoms with Gasteiger partial charge in [0.2, 0.25) is 0 Å². The van der Waals surface area contributed by atoms with Crippen molar-refractivity contribution in [2.24, 2.45) is 0 Å². The van der Waals surface area contributed by atoms with Crippen LogP contribution >= 0.6 is 0 Å². The molecule has 0 saturated heterocycles. The van der Waals surface area contributed by atoms with Gasteiger partial charge in [-0.15, -0.1) is 0 Å². The van der Waals surface area contributed by atoms with Crippen LogP contribution in [-0.2, 0) is 13.1 Å². The zero-order valence-corrected chi connectivity index (χ0v) is 13.1. The molecule has 0 bridgehead atoms. The molecule has 1 aromatic carbocycles. The van der Waals surface area contributed by atoms with Crippen LogP contribution in [0.25, 0.3) is 0 Å². The molecule has 120 valence electrons. The van der Waals surface area contributed by atoms with Crippen LogP contribution in [0.5, 0.6) is 0 Å². The van der Waals surface area contributed by atoms with Crippen LogP contribution in [0.4, 0.5) is 5.69 Å². The second kappa shape index (κ2) is 7.87. The molecule has 3 aromatic rings. The van der Waals surface area contributed by atoms with Crippen LogP contribution in [0, 0.1) is 0 Å². The fraction of sp³-hybridized carbons (Fsp3) is 0.105. The first-order valence-electron chi connectivity index (χ1n) is 7.73. The van der Waals surface area contributed by atoms with Crippen molar-refractivity contribution < 1.29 is 4.79 Å². The first-order valence-corrected chi connectivity index (χ1v) is 7.73. The van der Waals surface area contributed by atoms with E-state index in [1.165, 1.54) is 0 Å². The Labute approximate surface area is 140 Å². The summed E-state index contributed by atoms with van der Waals surface area (Å²) in [7, 11) is 0. The van der Waals surface area contributed by atoms with E-state index in [4.69, 9.17) is 0 Å². The molecule has 0 fully saturated rings. The lowest BCUT2D eigenvalue weighted by molar-refractivity contribution is 0.0946. The van der Waals surface area contributed by atoms with E-state index in [0.717, 1.165) is 16.9 Å². The highest BCUT2D eigenvalue weighted by atomic mass is 16.1. The maximum atomic E-state index is 12.2. The molecule has 0 atom stereocenters. The standard InChI is InChI=1S/C19H18N4O/c24-19(23-13-15-6-2-1-3-7-15)18-12-16(9-11-21-18)22-14-17-8-4-5-10-20-17/h1-12H,13-14H2,(H,21,22)(H,23,24). The topological polar surface area (TPSA) is 66.9 Å². The molecule has 0 radical (unpaired) electrons. The number of benzene rings is 1. The molecular weight excluding hydrogens is 300 g/mol. The van der Waals surface area contributed by atoms with Gasteiger partial charge in [0.25, 0.3) is 5.91 Å². The Kier molecular flexibility index (Phi) is 5.14. The number of amides is 1. The third-order valence-electron chi connectivity index (χ3n) is 3.49. The SMILES string of the molecule is O=C(NCc1ccccc1)c1cc(NCc2ccccn2)ccn1. The van der Waals surface area contributed by atoms with E-state index in [0.29, 0.717) is 18.8 Å². The second-order valence-corrected chi connectivity index (χ2v) is 5.27. The summed E-state index contributed by atoms with van der Waals surface area (Å²) in [6, 6.07) is 19.1. The van der Waals surface area contributed by atoms with Crippen LogP contribution < -0.4 is 10.6 Å². The number of aromatic nitrogens is 2. The largest absolute Gasteiger partial charge is 0.379 e. The summed E-state index contributed by atoms with van der Waals surface area (Å²) in [5.74, 6) is -0.194. The lowest BCUT2D eigenvalue weighted by Gasteiger charge is -2.08. The summed E-state index contributed by atoms with van der Waals surface area (Å²) >= 11 is 0. The van der Waals surface area contributed by atoms with E-state index in [9.17, 15) is 4.79 Å². The average Bonchev–Trinajstić information content (AvgIpc) is 2.66. The van der Waals surface area contributed by atoms with E-state index in [2.05, 4.69) is 20.6 Å². The van der Waals surface area contributed by atoms with Crippen molar-refractivity contribution >= 4 is 11.6 Å². The Morgan fingerprint density at radius 3 is 2.50 bits per heavy atom. The lowest BCUT2D eigenvalue weighted by atomic mass is 10.2. The second-order valence-electron chi connectivity index (χ2n) is 5.27. The number of anilines is 1. The molecular formula is C19H18N4O. The molecule has 0 aliphatic heterocycles. The minimum Gasteiger partial charge on any atom is -0.379 e. The summed E-state index contributed by atoms with van der Waals surface area (Å²) in [5, 5.41) is 6.12. The highest BCUT2D eigenvalue weighted by Gasteiger charge is 2.07. The van der Waals surface area contributed by atoms with Crippen molar-refractivity contribution in [1.29, 1.82) is 0 Å². The number of carbonyl (C=O) groups is 1. The number of nitrogens with zero attached hydrogens (tertiary/aromatic N) is 2. The summed E-state index contributed by atoms with van der Waals surface area (Å²) in [4.78, 5) is 20.6. The molecule has 24 heavy (non-hydrogen) atoms. The van der Waals surface area contributed by atoms with E-state index < -0.39 is 0 Å². The van der Waals surface area contributed by atoms with Gasteiger partial charge in [-0.3, -0.25) is 14.8 Å². The Morgan fingerprint density at radius 1 is 0.875 bits per heavy atom. The van der Waals surface area contributed by atoms with E-state index in [1.807, 2.05) is 54.6 Å². The summed E-state index contributed by atoms with van der Waals surface area (Å²) < 4.78 is 0. The molecule has 0 aliphatic carbocycles. The fourth-order valence-corrected chi connectivity index (χ4v) is 2.23. The van der Waals surface area contributed by atoms with Gasteiger partial charge >= 0.3 is 0 Å². The van der Waals surface area contributed by atoms with E-state index >= 15 is 0 Å². The van der Waals surface area contributed by atoms with Gasteiger partial charge < -0.3 is 10.6 Å². The number of hydrogen-bond donors (Lipinski definition) is 2. The van der Waals surface area contributed by atoms with Crippen molar-refractivity contribution in [2.75, 3.05) is 5.32 Å². The molecule has 0 unspecified atom stereocenters. The molecule has 2 N–H and O–H groups in total. The number of hydrogen-bond acceptors (Lipinski definition) is 4. The molecule has 5 heteroatoms. The Bertz CT molecular complexity index is 791. The highest BCUT2D eigenvalue weighted by Crippen LogP contribution is 2.10. The minimum absolute atomic E-state index is 0.194. The van der Waals surface area contributed by atoms with Gasteiger partial charge in [-0.05, 0) is 29.8 Å². The summed E-state index contributed by atoms with van der Waals surface area (Å²) in [5.41, 5.74) is 3.21. The summed E-state index contributed by atoms with van der Waals surface area (Å²) in [6.45, 7) is 1.07. The summed E-state index contributed by atoms with van der Waals surface area (Å²) in [6.07, 6.45) is 3.38. The van der Waals surface area contributed by atoms with Gasteiger partial charge in [-0.25, -0.2) is 0 Å². The average molecular weight is 318 g/mol. The van der Waals surface area contributed by atoms with Crippen molar-refractivity contribution in [3.8, 4) is 0 Å². The molecule has 1 amide bonds. The van der Waals surface area contributed by atoms with Crippen LogP contribution in [0.3, 0.4) is 0 Å².